The van der Waals surface area contributed by atoms with Crippen LogP contribution < -0.4 is 0 Å². The van der Waals surface area contributed by atoms with Crippen molar-refractivity contribution in [3.05, 3.63) is 18.5 Å². The van der Waals surface area contributed by atoms with E-state index in [0.29, 0.717) is 26.2 Å². The Morgan fingerprint density at radius 1 is 1.55 bits per heavy atom. The van der Waals surface area contributed by atoms with Crippen LogP contribution in [-0.2, 0) is 16.1 Å². The van der Waals surface area contributed by atoms with Crippen LogP contribution in [0.15, 0.2) is 18.5 Å². The molecule has 0 unspecified atom stereocenters. The third-order valence-corrected chi connectivity index (χ3v) is 3.98. The van der Waals surface area contributed by atoms with Gasteiger partial charge in [-0.1, -0.05) is 13.8 Å². The molecule has 0 bridgehead atoms. The Hall–Kier alpha value is -2.05. The molecule has 0 N–H and O–H groups in total. The predicted octanol–water partition coefficient (Wildman–Crippen LogP) is 1.21. The standard InChI is InChI=1S/C15H24N4O3/c1-4-17(8-9-18-7-5-6-16-18)14(20)10-19-13(12(2)3)11-22-15(19)21/h5-7,12-13H,4,8-11H2,1-3H3/t13-/m1/s1. The third-order valence-electron chi connectivity index (χ3n) is 3.98. The van der Waals surface area contributed by atoms with E-state index in [1.807, 2.05) is 33.0 Å². The number of cyclic esters (lactones) is 1. The first-order valence-electron chi connectivity index (χ1n) is 7.71. The number of amides is 2. The molecule has 0 saturated carbocycles. The first-order chi connectivity index (χ1) is 10.5. The number of hydrogen-bond donors (Lipinski definition) is 0. The minimum absolute atomic E-state index is 0.0266. The molecule has 7 nitrogen and oxygen atoms in total. The molecular weight excluding hydrogens is 284 g/mol. The fourth-order valence-electron chi connectivity index (χ4n) is 2.56. The van der Waals surface area contributed by atoms with Crippen LogP contribution in [0.25, 0.3) is 0 Å². The molecule has 1 aliphatic rings. The Morgan fingerprint density at radius 3 is 2.91 bits per heavy atom. The van der Waals surface area contributed by atoms with Gasteiger partial charge in [-0.2, -0.15) is 5.10 Å². The van der Waals surface area contributed by atoms with Gasteiger partial charge in [0.25, 0.3) is 0 Å². The average molecular weight is 308 g/mol. The van der Waals surface area contributed by atoms with Gasteiger partial charge in [0.1, 0.15) is 13.2 Å². The largest absolute Gasteiger partial charge is 0.447 e. The molecule has 0 aliphatic carbocycles. The summed E-state index contributed by atoms with van der Waals surface area (Å²) in [6.07, 6.45) is 3.19. The maximum Gasteiger partial charge on any atom is 0.410 e. The van der Waals surface area contributed by atoms with Crippen molar-refractivity contribution in [1.82, 2.24) is 19.6 Å². The van der Waals surface area contributed by atoms with E-state index in [1.54, 1.807) is 20.7 Å². The van der Waals surface area contributed by atoms with E-state index in [2.05, 4.69) is 5.10 Å². The summed E-state index contributed by atoms with van der Waals surface area (Å²) in [5, 5.41) is 4.13. The van der Waals surface area contributed by atoms with Gasteiger partial charge in [0.15, 0.2) is 0 Å². The molecule has 0 radical (unpaired) electrons. The Morgan fingerprint density at radius 2 is 2.32 bits per heavy atom. The van der Waals surface area contributed by atoms with Crippen LogP contribution in [0.4, 0.5) is 4.79 Å². The van der Waals surface area contributed by atoms with Crippen molar-refractivity contribution in [3.63, 3.8) is 0 Å². The van der Waals surface area contributed by atoms with Gasteiger partial charge in [-0.3, -0.25) is 14.4 Å². The van der Waals surface area contributed by atoms with Crippen LogP contribution in [0.1, 0.15) is 20.8 Å². The second-order valence-electron chi connectivity index (χ2n) is 5.76. The summed E-state index contributed by atoms with van der Waals surface area (Å²) in [6, 6.07) is 1.83. The van der Waals surface area contributed by atoms with Gasteiger partial charge in [0, 0.05) is 25.5 Å². The van der Waals surface area contributed by atoms with E-state index in [0.717, 1.165) is 0 Å². The Labute approximate surface area is 130 Å². The Bertz CT molecular complexity index is 501. The summed E-state index contributed by atoms with van der Waals surface area (Å²) in [4.78, 5) is 27.5. The average Bonchev–Trinajstić information content (AvgIpc) is 3.10. The summed E-state index contributed by atoms with van der Waals surface area (Å²) >= 11 is 0. The lowest BCUT2D eigenvalue weighted by Crippen LogP contribution is -2.46. The molecule has 1 aromatic rings. The first kappa shape index (κ1) is 16.3. The molecular formula is C15H24N4O3. The van der Waals surface area contributed by atoms with E-state index in [4.69, 9.17) is 4.74 Å². The van der Waals surface area contributed by atoms with Crippen LogP contribution in [0.5, 0.6) is 0 Å². The van der Waals surface area contributed by atoms with Gasteiger partial charge in [-0.25, -0.2) is 4.79 Å². The second-order valence-corrected chi connectivity index (χ2v) is 5.76. The zero-order valence-electron chi connectivity index (χ0n) is 13.4. The quantitative estimate of drug-likeness (QED) is 0.759. The highest BCUT2D eigenvalue weighted by atomic mass is 16.6. The summed E-state index contributed by atoms with van der Waals surface area (Å²) in [5.74, 6) is 0.206. The number of rotatable bonds is 7. The molecule has 22 heavy (non-hydrogen) atoms. The number of carbonyl (C=O) groups is 2. The molecule has 1 aromatic heterocycles. The van der Waals surface area contributed by atoms with E-state index in [1.165, 1.54) is 0 Å². The van der Waals surface area contributed by atoms with Gasteiger partial charge in [0.05, 0.1) is 12.6 Å². The zero-order chi connectivity index (χ0) is 16.1. The number of ether oxygens (including phenoxy) is 1. The molecule has 2 rings (SSSR count). The minimum Gasteiger partial charge on any atom is -0.447 e. The maximum atomic E-state index is 12.5. The number of aromatic nitrogens is 2. The molecule has 122 valence electrons. The van der Waals surface area contributed by atoms with E-state index in [9.17, 15) is 9.59 Å². The van der Waals surface area contributed by atoms with Crippen molar-refractivity contribution in [3.8, 4) is 0 Å². The number of carbonyl (C=O) groups excluding carboxylic acids is 2. The predicted molar refractivity (Wildman–Crippen MR) is 81.2 cm³/mol. The van der Waals surface area contributed by atoms with Crippen molar-refractivity contribution in [2.45, 2.75) is 33.4 Å². The normalized spacial score (nSPS) is 17.9. The van der Waals surface area contributed by atoms with Crippen LogP contribution >= 0.6 is 0 Å². The summed E-state index contributed by atoms with van der Waals surface area (Å²) in [7, 11) is 0. The van der Waals surface area contributed by atoms with Gasteiger partial charge < -0.3 is 9.64 Å². The van der Waals surface area contributed by atoms with E-state index < -0.39 is 6.09 Å². The molecule has 1 fully saturated rings. The van der Waals surface area contributed by atoms with E-state index >= 15 is 0 Å². The lowest BCUT2D eigenvalue weighted by atomic mass is 10.0. The number of hydrogen-bond acceptors (Lipinski definition) is 4. The highest BCUT2D eigenvalue weighted by Crippen LogP contribution is 2.19. The molecule has 2 amide bonds. The molecule has 1 saturated heterocycles. The van der Waals surface area contributed by atoms with Crippen LogP contribution in [-0.4, -0.2) is 63.9 Å². The fraction of sp³-hybridized carbons (Fsp3) is 0.667. The van der Waals surface area contributed by atoms with Gasteiger partial charge >= 0.3 is 6.09 Å². The van der Waals surface area contributed by atoms with Crippen molar-refractivity contribution < 1.29 is 14.3 Å². The lowest BCUT2D eigenvalue weighted by Gasteiger charge is -2.27. The van der Waals surface area contributed by atoms with Crippen LogP contribution in [0.2, 0.25) is 0 Å². The SMILES string of the molecule is CCN(CCn1cccn1)C(=O)CN1C(=O)OC[C@@H]1C(C)C. The summed E-state index contributed by atoms with van der Waals surface area (Å²) in [6.45, 7) is 8.26. The van der Waals surface area contributed by atoms with Crippen molar-refractivity contribution in [2.24, 2.45) is 5.92 Å². The van der Waals surface area contributed by atoms with Crippen LogP contribution in [0, 0.1) is 5.92 Å². The zero-order valence-corrected chi connectivity index (χ0v) is 13.4. The van der Waals surface area contributed by atoms with Crippen molar-refractivity contribution in [2.75, 3.05) is 26.2 Å². The molecule has 7 heteroatoms. The van der Waals surface area contributed by atoms with Gasteiger partial charge in [-0.05, 0) is 18.9 Å². The highest BCUT2D eigenvalue weighted by molar-refractivity contribution is 5.83. The monoisotopic (exact) mass is 308 g/mol. The molecule has 0 spiro atoms. The minimum atomic E-state index is -0.393. The Kier molecular flexibility index (Phi) is 5.41. The Balaban J connectivity index is 1.92. The second kappa shape index (κ2) is 7.29. The molecule has 0 aromatic carbocycles. The molecule has 1 atom stereocenters. The summed E-state index contributed by atoms with van der Waals surface area (Å²) < 4.78 is 6.86. The van der Waals surface area contributed by atoms with Gasteiger partial charge in [-0.15, -0.1) is 0 Å². The maximum absolute atomic E-state index is 12.5. The summed E-state index contributed by atoms with van der Waals surface area (Å²) in [5.41, 5.74) is 0. The highest BCUT2D eigenvalue weighted by Gasteiger charge is 2.36. The van der Waals surface area contributed by atoms with Crippen molar-refractivity contribution in [1.29, 1.82) is 0 Å². The molecule has 1 aliphatic heterocycles. The first-order valence-corrected chi connectivity index (χ1v) is 7.71. The topological polar surface area (TPSA) is 67.7 Å². The molecule has 2 heterocycles. The lowest BCUT2D eigenvalue weighted by molar-refractivity contribution is -0.132. The van der Waals surface area contributed by atoms with Crippen LogP contribution in [0.3, 0.4) is 0 Å². The fourth-order valence-corrected chi connectivity index (χ4v) is 2.56. The number of likely N-dealkylation sites (N-methyl/N-ethyl adjacent to an activating group) is 1. The van der Waals surface area contributed by atoms with Crippen molar-refractivity contribution >= 4 is 12.0 Å². The van der Waals surface area contributed by atoms with Gasteiger partial charge in [0.2, 0.25) is 5.91 Å². The number of nitrogens with zero attached hydrogens (tertiary/aromatic N) is 4. The van der Waals surface area contributed by atoms with E-state index in [-0.39, 0.29) is 24.4 Å². The smallest absolute Gasteiger partial charge is 0.410 e. The third kappa shape index (κ3) is 3.78.